The van der Waals surface area contributed by atoms with E-state index < -0.39 is 30.5 Å². The maximum Gasteiger partial charge on any atom is 0.407 e. The molecule has 0 radical (unpaired) electrons. The maximum atomic E-state index is 14.0. The zero-order valence-corrected chi connectivity index (χ0v) is 37.8. The number of likely N-dealkylation sites (tertiary alicyclic amines) is 1. The number of hydrogen-bond acceptors (Lipinski definition) is 10. The van der Waals surface area contributed by atoms with Gasteiger partial charge < -0.3 is 49.0 Å². The van der Waals surface area contributed by atoms with Crippen LogP contribution in [0.5, 0.6) is 5.75 Å². The molecule has 66 heavy (non-hydrogen) atoms. The second-order valence-corrected chi connectivity index (χ2v) is 19.0. The Bertz CT molecular complexity index is 2920. The second-order valence-electron chi connectivity index (χ2n) is 19.0. The van der Waals surface area contributed by atoms with Crippen molar-refractivity contribution < 1.29 is 37.8 Å². The Morgan fingerprint density at radius 1 is 0.788 bits per heavy atom. The van der Waals surface area contributed by atoms with Gasteiger partial charge in [-0.05, 0) is 91.8 Å². The van der Waals surface area contributed by atoms with Crippen molar-refractivity contribution in [1.82, 2.24) is 44.9 Å². The molecular weight excluding hydrogens is 843 g/mol. The zero-order chi connectivity index (χ0) is 45.9. The van der Waals surface area contributed by atoms with Crippen LogP contribution in [0.25, 0.3) is 44.7 Å². The van der Waals surface area contributed by atoms with E-state index in [9.17, 15) is 19.2 Å². The average molecular weight is 896 g/mol. The molecule has 4 aliphatic heterocycles. The van der Waals surface area contributed by atoms with Crippen LogP contribution < -0.4 is 15.4 Å². The lowest BCUT2D eigenvalue weighted by Crippen LogP contribution is -2.51. The summed E-state index contributed by atoms with van der Waals surface area (Å²) in [5.74, 6) is 4.40. The number of rotatable bonds is 11. The minimum absolute atomic E-state index is 0.0988. The van der Waals surface area contributed by atoms with Crippen molar-refractivity contribution in [2.24, 2.45) is 29.6 Å². The molecule has 17 heteroatoms. The number of ether oxygens (including phenoxy) is 3. The van der Waals surface area contributed by atoms with E-state index in [4.69, 9.17) is 28.6 Å². The SMILES string of the molecule is COC(=O)N[C@H](C(=O)N1CCC[C@H]1c1ncc(-c2ccc3c(c2)OC(c2ccc(C)o2)n2c-3cc3cc(-c4cnc([C@@H]5C6C7[C@H]6[C@@H]7N5C(=O)[C@@H](NC(=O)OC)C(C)C)[nH]4)ccc32)[nH]1)C(C)C. The fourth-order valence-corrected chi connectivity index (χ4v) is 10.9. The summed E-state index contributed by atoms with van der Waals surface area (Å²) in [5, 5.41) is 6.48. The fraction of sp³-hybridized carbons (Fsp3) is 0.429. The van der Waals surface area contributed by atoms with Crippen molar-refractivity contribution in [3.8, 4) is 39.5 Å². The lowest BCUT2D eigenvalue weighted by atomic mass is 10.0. The molecule has 2 bridgehead atoms. The lowest BCUT2D eigenvalue weighted by Gasteiger charge is -2.30. The molecule has 2 saturated carbocycles. The third-order valence-corrected chi connectivity index (χ3v) is 14.4. The molecule has 3 unspecified atom stereocenters. The van der Waals surface area contributed by atoms with Crippen molar-refractivity contribution in [2.75, 3.05) is 20.8 Å². The standard InChI is InChI=1S/C49H53N9O8/c1-22(2)39(54-48(61)63-6)45(59)56-16-8-9-32(56)43-50-20-30(52-43)26-11-13-28-33-18-27-17-25(12-14-31(27)57(33)47(66-35(28)19-26)34-15-10-24(5)65-34)29-21-51-44(53-29)42-38-36-37(38)41(36)58(42)46(60)40(23(3)4)55-49(62)64-7/h10-15,17-23,32,36-42,47H,8-9,16H2,1-7H3,(H,50,52)(H,51,53)(H,54,61)(H,55,62)/t32-,36+,37?,38?,39-,40-,41-,42-,47?/m0/s1. The number of fused-ring (bicyclic) bond motifs is 6. The molecule has 12 rings (SSSR count). The molecule has 3 saturated heterocycles. The number of methoxy groups -OCH3 is 2. The molecule has 2 aromatic carbocycles. The summed E-state index contributed by atoms with van der Waals surface area (Å²) in [6, 6.07) is 16.8. The third kappa shape index (κ3) is 6.64. The topological polar surface area (TPSA) is 202 Å². The number of aryl methyl sites for hydroxylation is 1. The van der Waals surface area contributed by atoms with Crippen LogP contribution in [0.4, 0.5) is 9.59 Å². The Morgan fingerprint density at radius 2 is 1.44 bits per heavy atom. The van der Waals surface area contributed by atoms with E-state index in [1.165, 1.54) is 14.2 Å². The van der Waals surface area contributed by atoms with Gasteiger partial charge in [-0.2, -0.15) is 0 Å². The highest BCUT2D eigenvalue weighted by Crippen LogP contribution is 2.81. The molecule has 17 nitrogen and oxygen atoms in total. The molecule has 4 N–H and O–H groups in total. The number of carbonyl (C=O) groups excluding carboxylic acids is 4. The number of benzene rings is 2. The minimum atomic E-state index is -0.725. The van der Waals surface area contributed by atoms with E-state index in [1.54, 1.807) is 11.1 Å². The van der Waals surface area contributed by atoms with E-state index in [1.807, 2.05) is 70.0 Å². The molecule has 2 aliphatic carbocycles. The quantitative estimate of drug-likeness (QED) is 0.101. The summed E-state index contributed by atoms with van der Waals surface area (Å²) in [7, 11) is 2.59. The Hall–Kier alpha value is -7.04. The van der Waals surface area contributed by atoms with Crippen molar-refractivity contribution in [2.45, 2.75) is 83.9 Å². The Labute approximate surface area is 380 Å². The van der Waals surface area contributed by atoms with Crippen molar-refractivity contribution in [1.29, 1.82) is 0 Å². The Kier molecular flexibility index (Phi) is 9.81. The number of alkyl carbamates (subject to hydrolysis) is 2. The van der Waals surface area contributed by atoms with Crippen LogP contribution in [-0.2, 0) is 19.1 Å². The van der Waals surface area contributed by atoms with E-state index in [2.05, 4.69) is 55.5 Å². The normalized spacial score (nSPS) is 24.1. The molecule has 4 aromatic heterocycles. The number of imidazole rings is 2. The maximum absolute atomic E-state index is 14.0. The van der Waals surface area contributed by atoms with Crippen LogP contribution in [0.1, 0.15) is 82.0 Å². The molecule has 342 valence electrons. The number of carbonyl (C=O) groups is 4. The summed E-state index contributed by atoms with van der Waals surface area (Å²) < 4.78 is 24.9. The minimum Gasteiger partial charge on any atom is -0.462 e. The monoisotopic (exact) mass is 895 g/mol. The number of furan rings is 1. The van der Waals surface area contributed by atoms with Gasteiger partial charge in [-0.25, -0.2) is 19.6 Å². The summed E-state index contributed by atoms with van der Waals surface area (Å²) in [6.07, 6.45) is 3.34. The van der Waals surface area contributed by atoms with Crippen LogP contribution in [0.3, 0.4) is 0 Å². The van der Waals surface area contributed by atoms with Crippen molar-refractivity contribution >= 4 is 34.9 Å². The highest BCUT2D eigenvalue weighted by molar-refractivity contribution is 5.93. The van der Waals surface area contributed by atoms with Gasteiger partial charge in [-0.15, -0.1) is 0 Å². The van der Waals surface area contributed by atoms with Crippen LogP contribution in [0, 0.1) is 36.5 Å². The van der Waals surface area contributed by atoms with Gasteiger partial charge >= 0.3 is 12.2 Å². The smallest absolute Gasteiger partial charge is 0.407 e. The number of piperidine rings is 1. The molecule has 9 atom stereocenters. The molecular formula is C49H53N9O8. The molecule has 6 aliphatic rings. The van der Waals surface area contributed by atoms with Crippen LogP contribution in [0.2, 0.25) is 0 Å². The predicted molar refractivity (Wildman–Crippen MR) is 241 cm³/mol. The third-order valence-electron chi connectivity index (χ3n) is 14.4. The molecule has 8 heterocycles. The lowest BCUT2D eigenvalue weighted by molar-refractivity contribution is -0.136. The second kappa shape index (κ2) is 15.6. The summed E-state index contributed by atoms with van der Waals surface area (Å²) in [5.41, 5.74) is 6.29. The molecule has 0 spiro atoms. The molecule has 4 amide bonds. The first-order valence-corrected chi connectivity index (χ1v) is 22.8. The molecule has 5 fully saturated rings. The number of aromatic amines is 2. The van der Waals surface area contributed by atoms with E-state index >= 15 is 0 Å². The first kappa shape index (κ1) is 41.7. The number of nitrogens with one attached hydrogen (secondary N) is 4. The number of nitrogens with zero attached hydrogens (tertiary/aromatic N) is 5. The van der Waals surface area contributed by atoms with Crippen molar-refractivity contribution in [3.05, 3.63) is 90.2 Å². The number of aromatic nitrogens is 5. The Morgan fingerprint density at radius 3 is 2.11 bits per heavy atom. The zero-order valence-electron chi connectivity index (χ0n) is 37.8. The first-order valence-electron chi connectivity index (χ1n) is 22.8. The summed E-state index contributed by atoms with van der Waals surface area (Å²) in [4.78, 5) is 72.6. The van der Waals surface area contributed by atoms with Crippen LogP contribution >= 0.6 is 0 Å². The highest BCUT2D eigenvalue weighted by atomic mass is 16.5. The largest absolute Gasteiger partial charge is 0.462 e. The van der Waals surface area contributed by atoms with Gasteiger partial charge in [-0.3, -0.25) is 14.2 Å². The van der Waals surface area contributed by atoms with E-state index in [0.717, 1.165) is 69.1 Å². The number of hydrogen-bond donors (Lipinski definition) is 4. The van der Waals surface area contributed by atoms with Gasteiger partial charge in [0, 0.05) is 34.7 Å². The number of H-pyrrole nitrogens is 2. The van der Waals surface area contributed by atoms with Crippen LogP contribution in [0.15, 0.2) is 71.4 Å². The van der Waals surface area contributed by atoms with Gasteiger partial charge in [0.15, 0.2) is 5.76 Å². The van der Waals surface area contributed by atoms with E-state index in [-0.39, 0.29) is 41.8 Å². The summed E-state index contributed by atoms with van der Waals surface area (Å²) in [6.45, 7) is 10.1. The van der Waals surface area contributed by atoms with Gasteiger partial charge in [0.1, 0.15) is 35.2 Å². The van der Waals surface area contributed by atoms with Gasteiger partial charge in [-0.1, -0.05) is 39.8 Å². The van der Waals surface area contributed by atoms with Gasteiger partial charge in [0.25, 0.3) is 0 Å². The Balaban J connectivity index is 0.883. The summed E-state index contributed by atoms with van der Waals surface area (Å²) >= 11 is 0. The van der Waals surface area contributed by atoms with Crippen LogP contribution in [-0.4, -0.2) is 97.2 Å². The fourth-order valence-electron chi connectivity index (χ4n) is 10.9. The van der Waals surface area contributed by atoms with E-state index in [0.29, 0.717) is 41.6 Å². The van der Waals surface area contributed by atoms with Gasteiger partial charge in [0.2, 0.25) is 18.0 Å². The average Bonchev–Trinajstić information content (AvgIpc) is 3.89. The number of amides is 4. The predicted octanol–water partition coefficient (Wildman–Crippen LogP) is 7.48. The van der Waals surface area contributed by atoms with Crippen molar-refractivity contribution in [3.63, 3.8) is 0 Å². The first-order chi connectivity index (χ1) is 31.8. The molecule has 6 aromatic rings. The van der Waals surface area contributed by atoms with Gasteiger partial charge in [0.05, 0.1) is 61.3 Å². The highest BCUT2D eigenvalue weighted by Gasteiger charge is 2.86.